The van der Waals surface area contributed by atoms with E-state index in [-0.39, 0.29) is 6.61 Å². The van der Waals surface area contributed by atoms with Crippen LogP contribution < -0.4 is 0 Å². The minimum Gasteiger partial charge on any atom is -0.390 e. The molecule has 0 fully saturated rings. The molecule has 0 saturated heterocycles. The van der Waals surface area contributed by atoms with Gasteiger partial charge in [-0.2, -0.15) is 13.2 Å². The Labute approximate surface area is 151 Å². The fraction of sp³-hybridized carbons (Fsp3) is 0.235. The summed E-state index contributed by atoms with van der Waals surface area (Å²) < 4.78 is 40.3. The standard InChI is InChI=1S/C17H15F3N2OS2/c18-17(19,20)13-4-1-3-12(7-13)11-25-16-21-8-14(10-23)22(16)9-15-5-2-6-24-15/h1-8,23H,9-11H2. The molecule has 2 aromatic heterocycles. The molecule has 0 unspecified atom stereocenters. The highest BCUT2D eigenvalue weighted by atomic mass is 32.2. The van der Waals surface area contributed by atoms with E-state index < -0.39 is 11.7 Å². The Bertz CT molecular complexity index is 829. The van der Waals surface area contributed by atoms with Gasteiger partial charge in [-0.3, -0.25) is 0 Å². The van der Waals surface area contributed by atoms with Crippen LogP contribution in [-0.4, -0.2) is 14.7 Å². The fourth-order valence-corrected chi connectivity index (χ4v) is 3.98. The van der Waals surface area contributed by atoms with E-state index in [9.17, 15) is 18.3 Å². The molecule has 0 saturated carbocycles. The van der Waals surface area contributed by atoms with Crippen LogP contribution in [0.3, 0.4) is 0 Å². The molecule has 8 heteroatoms. The van der Waals surface area contributed by atoms with Crippen LogP contribution in [0.25, 0.3) is 0 Å². The third-order valence-electron chi connectivity index (χ3n) is 3.58. The molecule has 3 aromatic rings. The molecule has 0 amide bonds. The zero-order valence-corrected chi connectivity index (χ0v) is 14.7. The van der Waals surface area contributed by atoms with Gasteiger partial charge in [-0.15, -0.1) is 11.3 Å². The van der Waals surface area contributed by atoms with Gasteiger partial charge >= 0.3 is 6.18 Å². The van der Waals surface area contributed by atoms with E-state index in [0.717, 1.165) is 17.0 Å². The summed E-state index contributed by atoms with van der Waals surface area (Å²) in [5.74, 6) is 0.371. The van der Waals surface area contributed by atoms with E-state index in [0.29, 0.717) is 28.7 Å². The summed E-state index contributed by atoms with van der Waals surface area (Å²) in [6, 6.07) is 9.25. The van der Waals surface area contributed by atoms with Crippen molar-refractivity contribution in [1.29, 1.82) is 0 Å². The zero-order chi connectivity index (χ0) is 17.9. The maximum absolute atomic E-state index is 12.8. The average molecular weight is 384 g/mol. The quantitative estimate of drug-likeness (QED) is 0.621. The number of thiophene rings is 1. The van der Waals surface area contributed by atoms with E-state index in [1.165, 1.54) is 17.8 Å². The zero-order valence-electron chi connectivity index (χ0n) is 13.0. The number of aliphatic hydroxyl groups excluding tert-OH is 1. The van der Waals surface area contributed by atoms with Crippen LogP contribution in [0.4, 0.5) is 13.2 Å². The molecule has 0 radical (unpaired) electrons. The van der Waals surface area contributed by atoms with Crippen molar-refractivity contribution in [3.63, 3.8) is 0 Å². The molecule has 0 aliphatic rings. The van der Waals surface area contributed by atoms with Gasteiger partial charge in [-0.1, -0.05) is 36.0 Å². The van der Waals surface area contributed by atoms with Gasteiger partial charge in [0.05, 0.1) is 30.6 Å². The molecule has 0 spiro atoms. The van der Waals surface area contributed by atoms with Crippen molar-refractivity contribution in [1.82, 2.24) is 9.55 Å². The number of rotatable bonds is 6. The number of aromatic nitrogens is 2. The highest BCUT2D eigenvalue weighted by Gasteiger charge is 2.30. The molecule has 0 bridgehead atoms. The van der Waals surface area contributed by atoms with Crippen molar-refractivity contribution in [2.75, 3.05) is 0 Å². The van der Waals surface area contributed by atoms with E-state index in [1.807, 2.05) is 22.1 Å². The highest BCUT2D eigenvalue weighted by Crippen LogP contribution is 2.31. The highest BCUT2D eigenvalue weighted by molar-refractivity contribution is 7.98. The van der Waals surface area contributed by atoms with Gasteiger partial charge in [0.25, 0.3) is 0 Å². The molecule has 1 N–H and O–H groups in total. The molecule has 25 heavy (non-hydrogen) atoms. The summed E-state index contributed by atoms with van der Waals surface area (Å²) in [6.07, 6.45) is -2.75. The molecule has 1 aromatic carbocycles. The van der Waals surface area contributed by atoms with E-state index >= 15 is 0 Å². The maximum atomic E-state index is 12.8. The minimum atomic E-state index is -4.34. The van der Waals surface area contributed by atoms with Gasteiger partial charge in [-0.25, -0.2) is 4.98 Å². The summed E-state index contributed by atoms with van der Waals surface area (Å²) >= 11 is 2.96. The molecule has 3 nitrogen and oxygen atoms in total. The summed E-state index contributed by atoms with van der Waals surface area (Å²) in [4.78, 5) is 5.42. The first-order chi connectivity index (χ1) is 12.0. The van der Waals surface area contributed by atoms with Gasteiger partial charge in [0.2, 0.25) is 0 Å². The molecule has 0 aliphatic carbocycles. The second-order valence-corrected chi connectivity index (χ2v) is 7.32. The number of aliphatic hydroxyl groups is 1. The summed E-state index contributed by atoms with van der Waals surface area (Å²) in [7, 11) is 0. The largest absolute Gasteiger partial charge is 0.416 e. The van der Waals surface area contributed by atoms with Crippen LogP contribution in [0.5, 0.6) is 0 Å². The Balaban J connectivity index is 1.76. The van der Waals surface area contributed by atoms with Crippen LogP contribution in [-0.2, 0) is 25.1 Å². The van der Waals surface area contributed by atoms with Crippen molar-refractivity contribution < 1.29 is 18.3 Å². The number of hydrogen-bond donors (Lipinski definition) is 1. The Morgan fingerprint density at radius 2 is 2.04 bits per heavy atom. The smallest absolute Gasteiger partial charge is 0.390 e. The topological polar surface area (TPSA) is 38.1 Å². The Hall–Kier alpha value is -1.77. The Morgan fingerprint density at radius 3 is 2.72 bits per heavy atom. The SMILES string of the molecule is OCc1cnc(SCc2cccc(C(F)(F)F)c2)n1Cc1cccs1. The van der Waals surface area contributed by atoms with Crippen molar-refractivity contribution >= 4 is 23.1 Å². The first-order valence-corrected chi connectivity index (χ1v) is 9.30. The minimum absolute atomic E-state index is 0.136. The Morgan fingerprint density at radius 1 is 1.20 bits per heavy atom. The lowest BCUT2D eigenvalue weighted by atomic mass is 10.1. The number of hydrogen-bond acceptors (Lipinski definition) is 4. The van der Waals surface area contributed by atoms with Crippen LogP contribution in [0.2, 0.25) is 0 Å². The van der Waals surface area contributed by atoms with Gasteiger partial charge in [-0.05, 0) is 23.1 Å². The Kier molecular flexibility index (Phi) is 5.51. The number of imidazole rings is 1. The first kappa shape index (κ1) is 18.0. The van der Waals surface area contributed by atoms with Crippen LogP contribution in [0.1, 0.15) is 21.7 Å². The van der Waals surface area contributed by atoms with Crippen LogP contribution in [0.15, 0.2) is 53.1 Å². The first-order valence-electron chi connectivity index (χ1n) is 7.44. The summed E-state index contributed by atoms with van der Waals surface area (Å²) in [5.41, 5.74) is 0.611. The monoisotopic (exact) mass is 384 g/mol. The molecular formula is C17H15F3N2OS2. The number of nitrogens with zero attached hydrogens (tertiary/aromatic N) is 2. The average Bonchev–Trinajstić information content (AvgIpc) is 3.23. The van der Waals surface area contributed by atoms with Crippen molar-refractivity contribution in [3.05, 3.63) is 69.7 Å². The molecule has 0 atom stereocenters. The molecule has 3 rings (SSSR count). The molecular weight excluding hydrogens is 369 g/mol. The van der Waals surface area contributed by atoms with Gasteiger partial charge < -0.3 is 9.67 Å². The third-order valence-corrected chi connectivity index (χ3v) is 5.50. The summed E-state index contributed by atoms with van der Waals surface area (Å²) in [5, 5.41) is 12.1. The second-order valence-electron chi connectivity index (χ2n) is 5.34. The van der Waals surface area contributed by atoms with E-state index in [2.05, 4.69) is 4.98 Å². The number of thioether (sulfide) groups is 1. The fourth-order valence-electron chi connectivity index (χ4n) is 2.35. The van der Waals surface area contributed by atoms with Gasteiger partial charge in [0, 0.05) is 10.6 Å². The van der Waals surface area contributed by atoms with Crippen molar-refractivity contribution in [2.24, 2.45) is 0 Å². The molecule has 0 aliphatic heterocycles. The third kappa shape index (κ3) is 4.45. The second kappa shape index (κ2) is 7.63. The number of halogens is 3. The van der Waals surface area contributed by atoms with Gasteiger partial charge in [0.15, 0.2) is 5.16 Å². The predicted octanol–water partition coefficient (Wildman–Crippen LogP) is 4.80. The van der Waals surface area contributed by atoms with Crippen molar-refractivity contribution in [2.45, 2.75) is 30.2 Å². The lowest BCUT2D eigenvalue weighted by Gasteiger charge is -2.11. The number of benzene rings is 1. The van der Waals surface area contributed by atoms with Crippen LogP contribution >= 0.6 is 23.1 Å². The number of alkyl halides is 3. The molecule has 132 valence electrons. The normalized spacial score (nSPS) is 11.8. The summed E-state index contributed by atoms with van der Waals surface area (Å²) in [6.45, 7) is 0.445. The lowest BCUT2D eigenvalue weighted by Crippen LogP contribution is -2.06. The van der Waals surface area contributed by atoms with E-state index in [1.54, 1.807) is 23.6 Å². The van der Waals surface area contributed by atoms with Crippen molar-refractivity contribution in [3.8, 4) is 0 Å². The lowest BCUT2D eigenvalue weighted by molar-refractivity contribution is -0.137. The van der Waals surface area contributed by atoms with Gasteiger partial charge in [0.1, 0.15) is 0 Å². The molecule has 2 heterocycles. The van der Waals surface area contributed by atoms with E-state index in [4.69, 9.17) is 0 Å². The predicted molar refractivity (Wildman–Crippen MR) is 92.6 cm³/mol. The van der Waals surface area contributed by atoms with Crippen LogP contribution in [0, 0.1) is 0 Å². The maximum Gasteiger partial charge on any atom is 0.416 e.